The molecule has 55 heavy (non-hydrogen) atoms. The molecule has 0 saturated carbocycles. The minimum absolute atomic E-state index is 0.0334. The van der Waals surface area contributed by atoms with Crippen molar-refractivity contribution < 1.29 is 33.8 Å². The highest BCUT2D eigenvalue weighted by atomic mass is 16.6. The van der Waals surface area contributed by atoms with Crippen molar-refractivity contribution in [1.29, 1.82) is 0 Å². The van der Waals surface area contributed by atoms with Gasteiger partial charge in [-0.1, -0.05) is 105 Å². The molecular formula is C44H60N4O7. The van der Waals surface area contributed by atoms with E-state index in [0.29, 0.717) is 45.3 Å². The first-order valence-corrected chi connectivity index (χ1v) is 19.6. The number of hydrogen-bond acceptors (Lipinski definition) is 7. The summed E-state index contributed by atoms with van der Waals surface area (Å²) in [6, 6.07) is 27.0. The van der Waals surface area contributed by atoms with Crippen LogP contribution in [0.3, 0.4) is 0 Å². The summed E-state index contributed by atoms with van der Waals surface area (Å²) >= 11 is 0. The van der Waals surface area contributed by atoms with Crippen LogP contribution in [0.4, 0.5) is 9.59 Å². The van der Waals surface area contributed by atoms with Gasteiger partial charge in [0.15, 0.2) is 0 Å². The Balaban J connectivity index is 1.44. The van der Waals surface area contributed by atoms with Crippen molar-refractivity contribution in [3.05, 3.63) is 108 Å². The van der Waals surface area contributed by atoms with Gasteiger partial charge in [-0.05, 0) is 82.4 Å². The van der Waals surface area contributed by atoms with E-state index in [1.807, 2.05) is 112 Å². The molecule has 3 N–H and O–H groups in total. The van der Waals surface area contributed by atoms with Crippen molar-refractivity contribution in [3.63, 3.8) is 0 Å². The number of likely N-dealkylation sites (tertiary alicyclic amines) is 1. The van der Waals surface area contributed by atoms with Crippen molar-refractivity contribution in [2.75, 3.05) is 19.6 Å². The third-order valence-corrected chi connectivity index (χ3v) is 9.91. The first-order chi connectivity index (χ1) is 26.2. The summed E-state index contributed by atoms with van der Waals surface area (Å²) in [6.07, 6.45) is -0.272. The molecule has 0 aromatic heterocycles. The number of amides is 4. The monoisotopic (exact) mass is 756 g/mol. The van der Waals surface area contributed by atoms with Crippen LogP contribution >= 0.6 is 0 Å². The quantitative estimate of drug-likeness (QED) is 0.151. The molecule has 0 unspecified atom stereocenters. The molecule has 4 rings (SSSR count). The molecule has 1 aliphatic rings. The Kier molecular flexibility index (Phi) is 16.1. The normalized spacial score (nSPS) is 15.7. The second-order valence-electron chi connectivity index (χ2n) is 15.7. The number of carbonyl (C=O) groups excluding carboxylic acids is 4. The van der Waals surface area contributed by atoms with Crippen LogP contribution in [-0.2, 0) is 38.5 Å². The number of alkyl carbamates (subject to hydrolysis) is 1. The molecule has 0 aliphatic carbocycles. The van der Waals surface area contributed by atoms with E-state index in [2.05, 4.69) is 10.6 Å². The second-order valence-corrected chi connectivity index (χ2v) is 15.7. The average molecular weight is 757 g/mol. The van der Waals surface area contributed by atoms with Gasteiger partial charge in [0, 0.05) is 31.6 Å². The lowest BCUT2D eigenvalue weighted by Crippen LogP contribution is -2.56. The molecule has 11 nitrogen and oxygen atoms in total. The van der Waals surface area contributed by atoms with Crippen LogP contribution in [0.2, 0.25) is 0 Å². The zero-order valence-electron chi connectivity index (χ0n) is 33.3. The molecule has 4 amide bonds. The largest absolute Gasteiger partial charge is 0.445 e. The highest BCUT2D eigenvalue weighted by molar-refractivity contribution is 5.89. The van der Waals surface area contributed by atoms with Crippen LogP contribution in [0.1, 0.15) is 77.5 Å². The Labute approximate surface area is 326 Å². The van der Waals surface area contributed by atoms with Crippen molar-refractivity contribution in [1.82, 2.24) is 20.4 Å². The van der Waals surface area contributed by atoms with E-state index in [-0.39, 0.29) is 42.9 Å². The van der Waals surface area contributed by atoms with Gasteiger partial charge in [0.25, 0.3) is 0 Å². The molecule has 3 aromatic carbocycles. The molecular weight excluding hydrogens is 697 g/mol. The van der Waals surface area contributed by atoms with Gasteiger partial charge in [-0.15, -0.1) is 0 Å². The summed E-state index contributed by atoms with van der Waals surface area (Å²) in [6.45, 7) is 12.6. The molecule has 4 atom stereocenters. The van der Waals surface area contributed by atoms with Gasteiger partial charge in [-0.2, -0.15) is 0 Å². The number of nitrogens with zero attached hydrogens (tertiary/aromatic N) is 2. The summed E-state index contributed by atoms with van der Waals surface area (Å²) < 4.78 is 11.1. The number of ether oxygens (including phenoxy) is 2. The first-order valence-electron chi connectivity index (χ1n) is 19.6. The Morgan fingerprint density at radius 1 is 0.818 bits per heavy atom. The molecule has 11 heteroatoms. The van der Waals surface area contributed by atoms with Crippen LogP contribution in [0.25, 0.3) is 0 Å². The van der Waals surface area contributed by atoms with E-state index in [9.17, 15) is 24.3 Å². The molecule has 298 valence electrons. The molecule has 1 heterocycles. The minimum atomic E-state index is -1.11. The number of benzene rings is 3. The van der Waals surface area contributed by atoms with Crippen LogP contribution in [0.5, 0.6) is 0 Å². The van der Waals surface area contributed by atoms with Crippen LogP contribution < -0.4 is 10.6 Å². The zero-order chi connectivity index (χ0) is 40.0. The standard InChI is InChI=1S/C44H60N4O7/c1-7-48(43(53)54-30-34-21-15-10-16-22-34)36-23-25-47(26-24-36)41(51)39(31(2)3)46-40(50)35(27-32-17-11-8-12-18-32)29-38(49)37(28-33-19-13-9-14-20-33)45-42(52)55-44(4,5)6/h8-22,31,35-39,49H,7,23-30H2,1-6H3,(H,45,52)(H,46,50)/t35-,37+,38-,39-/m0/s1. The average Bonchev–Trinajstić information content (AvgIpc) is 3.16. The second kappa shape index (κ2) is 20.7. The van der Waals surface area contributed by atoms with E-state index in [0.717, 1.165) is 16.7 Å². The Bertz CT molecular complexity index is 1640. The lowest BCUT2D eigenvalue weighted by atomic mass is 9.88. The maximum Gasteiger partial charge on any atom is 0.410 e. The number of hydrogen-bond donors (Lipinski definition) is 3. The summed E-state index contributed by atoms with van der Waals surface area (Å²) in [7, 11) is 0. The van der Waals surface area contributed by atoms with E-state index >= 15 is 0 Å². The lowest BCUT2D eigenvalue weighted by molar-refractivity contribution is -0.140. The van der Waals surface area contributed by atoms with Gasteiger partial charge < -0.3 is 35.0 Å². The Hall–Kier alpha value is -4.90. The van der Waals surface area contributed by atoms with Gasteiger partial charge in [0.2, 0.25) is 11.8 Å². The molecule has 1 aliphatic heterocycles. The molecule has 0 bridgehead atoms. The molecule has 1 saturated heterocycles. The fraction of sp³-hybridized carbons (Fsp3) is 0.500. The number of aliphatic hydroxyl groups excluding tert-OH is 1. The summed E-state index contributed by atoms with van der Waals surface area (Å²) in [5, 5.41) is 17.6. The van der Waals surface area contributed by atoms with Crippen molar-refractivity contribution in [3.8, 4) is 0 Å². The predicted molar refractivity (Wildman–Crippen MR) is 213 cm³/mol. The zero-order valence-corrected chi connectivity index (χ0v) is 33.3. The number of carbonyl (C=O) groups is 4. The first kappa shape index (κ1) is 42.8. The van der Waals surface area contributed by atoms with Crippen molar-refractivity contribution in [2.45, 2.75) is 110 Å². The maximum absolute atomic E-state index is 14.2. The smallest absolute Gasteiger partial charge is 0.410 e. The van der Waals surface area contributed by atoms with Crippen molar-refractivity contribution in [2.24, 2.45) is 11.8 Å². The third kappa shape index (κ3) is 13.7. The van der Waals surface area contributed by atoms with E-state index in [1.54, 1.807) is 30.6 Å². The number of aliphatic hydroxyl groups is 1. The SMILES string of the molecule is CCN(C(=O)OCc1ccccc1)C1CCN(C(=O)[C@@H](NC(=O)[C@@H](Cc2ccccc2)C[C@H](O)[C@@H](Cc2ccccc2)NC(=O)OC(C)(C)C)C(C)C)CC1. The van der Waals surface area contributed by atoms with Gasteiger partial charge in [-0.25, -0.2) is 9.59 Å². The maximum atomic E-state index is 14.2. The highest BCUT2D eigenvalue weighted by Crippen LogP contribution is 2.23. The van der Waals surface area contributed by atoms with Crippen LogP contribution in [-0.4, -0.2) is 88.4 Å². The predicted octanol–water partition coefficient (Wildman–Crippen LogP) is 6.52. The molecule has 1 fully saturated rings. The van der Waals surface area contributed by atoms with Gasteiger partial charge in [0.05, 0.1) is 12.1 Å². The molecule has 0 radical (unpaired) electrons. The topological polar surface area (TPSA) is 138 Å². The Morgan fingerprint density at radius 2 is 1.35 bits per heavy atom. The van der Waals surface area contributed by atoms with Gasteiger partial charge in [0.1, 0.15) is 18.2 Å². The van der Waals surface area contributed by atoms with E-state index in [1.165, 1.54) is 0 Å². The van der Waals surface area contributed by atoms with E-state index in [4.69, 9.17) is 9.47 Å². The van der Waals surface area contributed by atoms with Crippen LogP contribution in [0.15, 0.2) is 91.0 Å². The van der Waals surface area contributed by atoms with Gasteiger partial charge >= 0.3 is 12.2 Å². The molecule has 3 aromatic rings. The third-order valence-electron chi connectivity index (χ3n) is 9.91. The van der Waals surface area contributed by atoms with Gasteiger partial charge in [-0.3, -0.25) is 9.59 Å². The molecule has 0 spiro atoms. The fourth-order valence-corrected chi connectivity index (χ4v) is 6.97. The minimum Gasteiger partial charge on any atom is -0.445 e. The summed E-state index contributed by atoms with van der Waals surface area (Å²) in [5.41, 5.74) is 2.00. The highest BCUT2D eigenvalue weighted by Gasteiger charge is 2.36. The summed E-state index contributed by atoms with van der Waals surface area (Å²) in [5.74, 6) is -1.45. The number of piperidine rings is 1. The number of rotatable bonds is 16. The fourth-order valence-electron chi connectivity index (χ4n) is 6.97. The summed E-state index contributed by atoms with van der Waals surface area (Å²) in [4.78, 5) is 57.7. The van der Waals surface area contributed by atoms with Crippen LogP contribution in [0, 0.1) is 11.8 Å². The Morgan fingerprint density at radius 3 is 1.85 bits per heavy atom. The van der Waals surface area contributed by atoms with Crippen molar-refractivity contribution >= 4 is 24.0 Å². The number of nitrogens with one attached hydrogen (secondary N) is 2. The van der Waals surface area contributed by atoms with E-state index < -0.39 is 35.8 Å². The lowest BCUT2D eigenvalue weighted by Gasteiger charge is -2.39.